The molecule has 1 saturated heterocycles. The summed E-state index contributed by atoms with van der Waals surface area (Å²) in [6.45, 7) is -0.208. The van der Waals surface area contributed by atoms with E-state index in [4.69, 9.17) is 15.1 Å². The lowest BCUT2D eigenvalue weighted by molar-refractivity contribution is -0.0444. The second kappa shape index (κ2) is 4.03. The number of ether oxygens (including phenoxy) is 1. The van der Waals surface area contributed by atoms with Gasteiger partial charge >= 0.3 is 0 Å². The quantitative estimate of drug-likeness (QED) is 0.717. The lowest BCUT2D eigenvalue weighted by Crippen LogP contribution is -2.24. The van der Waals surface area contributed by atoms with Crippen LogP contribution in [0.15, 0.2) is 18.3 Å². The zero-order valence-electron chi connectivity index (χ0n) is 8.08. The van der Waals surface area contributed by atoms with Gasteiger partial charge in [-0.2, -0.15) is 5.26 Å². The largest absolute Gasteiger partial charge is 0.394 e. The van der Waals surface area contributed by atoms with Crippen molar-refractivity contribution in [2.24, 2.45) is 0 Å². The van der Waals surface area contributed by atoms with Crippen molar-refractivity contribution in [3.63, 3.8) is 0 Å². The van der Waals surface area contributed by atoms with Gasteiger partial charge in [-0.1, -0.05) is 0 Å². The average Bonchev–Trinajstić information content (AvgIpc) is 2.82. The van der Waals surface area contributed by atoms with Gasteiger partial charge in [-0.25, -0.2) is 0 Å². The zero-order chi connectivity index (χ0) is 10.8. The lowest BCUT2D eigenvalue weighted by atomic mass is 10.2. The molecule has 2 N–H and O–H groups in total. The number of hydrogen-bond donors (Lipinski definition) is 2. The van der Waals surface area contributed by atoms with Gasteiger partial charge in [-0.15, -0.1) is 0 Å². The molecule has 0 radical (unpaired) electrons. The van der Waals surface area contributed by atoms with Gasteiger partial charge < -0.3 is 19.5 Å². The van der Waals surface area contributed by atoms with E-state index < -0.39 is 12.2 Å². The second-order valence-corrected chi connectivity index (χ2v) is 3.53. The summed E-state index contributed by atoms with van der Waals surface area (Å²) < 4.78 is 7.09. The topological polar surface area (TPSA) is 78.4 Å². The molecule has 0 amide bonds. The monoisotopic (exact) mass is 208 g/mol. The third-order valence-corrected chi connectivity index (χ3v) is 2.59. The summed E-state index contributed by atoms with van der Waals surface area (Å²) in [5.41, 5.74) is 0.491. The minimum absolute atomic E-state index is 0.208. The van der Waals surface area contributed by atoms with Crippen molar-refractivity contribution in [2.75, 3.05) is 6.61 Å². The van der Waals surface area contributed by atoms with Gasteiger partial charge in [0.15, 0.2) is 0 Å². The summed E-state index contributed by atoms with van der Waals surface area (Å²) in [4.78, 5) is 0. The lowest BCUT2D eigenvalue weighted by Gasteiger charge is -2.14. The molecule has 1 aliphatic heterocycles. The van der Waals surface area contributed by atoms with Crippen LogP contribution in [-0.2, 0) is 4.74 Å². The summed E-state index contributed by atoms with van der Waals surface area (Å²) in [5.74, 6) is 0. The molecule has 5 heteroatoms. The number of nitriles is 1. The van der Waals surface area contributed by atoms with Crippen LogP contribution in [0.1, 0.15) is 18.3 Å². The highest BCUT2D eigenvalue weighted by Crippen LogP contribution is 2.29. The van der Waals surface area contributed by atoms with E-state index in [9.17, 15) is 5.11 Å². The van der Waals surface area contributed by atoms with E-state index in [-0.39, 0.29) is 12.8 Å². The number of aromatic nitrogens is 1. The van der Waals surface area contributed by atoms with E-state index in [1.807, 2.05) is 6.07 Å². The molecule has 1 fully saturated rings. The van der Waals surface area contributed by atoms with Crippen molar-refractivity contribution >= 4 is 0 Å². The predicted octanol–water partition coefficient (Wildman–Crippen LogP) is 0.000480. The Morgan fingerprint density at radius 1 is 1.67 bits per heavy atom. The Morgan fingerprint density at radius 2 is 2.47 bits per heavy atom. The molecule has 1 aromatic heterocycles. The Balaban J connectivity index is 2.17. The maximum Gasteiger partial charge on any atom is 0.137 e. The maximum absolute atomic E-state index is 9.54. The third-order valence-electron chi connectivity index (χ3n) is 2.59. The Hall–Kier alpha value is -1.35. The predicted molar refractivity (Wildman–Crippen MR) is 50.8 cm³/mol. The highest BCUT2D eigenvalue weighted by molar-refractivity contribution is 5.22. The summed E-state index contributed by atoms with van der Waals surface area (Å²) in [6.07, 6.45) is 0.546. The number of aliphatic hydroxyl groups excluding tert-OH is 2. The smallest absolute Gasteiger partial charge is 0.137 e. The van der Waals surface area contributed by atoms with Gasteiger partial charge in [0.25, 0.3) is 0 Å². The first-order valence-corrected chi connectivity index (χ1v) is 4.77. The average molecular weight is 208 g/mol. The van der Waals surface area contributed by atoms with Crippen LogP contribution in [0.25, 0.3) is 0 Å². The van der Waals surface area contributed by atoms with Crippen molar-refractivity contribution in [2.45, 2.75) is 24.9 Å². The molecule has 0 bridgehead atoms. The number of hydrogen-bond acceptors (Lipinski definition) is 4. The summed E-state index contributed by atoms with van der Waals surface area (Å²) in [7, 11) is 0. The number of nitrogens with zero attached hydrogens (tertiary/aromatic N) is 2. The molecule has 2 heterocycles. The highest BCUT2D eigenvalue weighted by Gasteiger charge is 2.34. The molecule has 1 aromatic rings. The van der Waals surface area contributed by atoms with Crippen LogP contribution in [0.5, 0.6) is 0 Å². The molecule has 0 aliphatic carbocycles. The molecule has 2 rings (SSSR count). The van der Waals surface area contributed by atoms with Crippen LogP contribution < -0.4 is 0 Å². The van der Waals surface area contributed by atoms with Crippen LogP contribution in [0.4, 0.5) is 0 Å². The van der Waals surface area contributed by atoms with Crippen molar-refractivity contribution in [1.82, 2.24) is 4.57 Å². The fraction of sp³-hybridized carbons (Fsp3) is 0.500. The molecule has 0 saturated carbocycles. The summed E-state index contributed by atoms with van der Waals surface area (Å²) >= 11 is 0. The normalized spacial score (nSPS) is 30.3. The van der Waals surface area contributed by atoms with Crippen molar-refractivity contribution in [1.29, 1.82) is 5.26 Å². The SMILES string of the molecule is N#Cc1cccn1[C@H]1C[C@H](O)[C@@H](CO)O1. The number of aliphatic hydroxyl groups is 2. The molecular weight excluding hydrogens is 196 g/mol. The minimum atomic E-state index is -0.672. The van der Waals surface area contributed by atoms with Crippen LogP contribution in [-0.4, -0.2) is 33.6 Å². The van der Waals surface area contributed by atoms with E-state index >= 15 is 0 Å². The highest BCUT2D eigenvalue weighted by atomic mass is 16.5. The molecule has 1 aliphatic rings. The first-order chi connectivity index (χ1) is 7.26. The minimum Gasteiger partial charge on any atom is -0.394 e. The van der Waals surface area contributed by atoms with Crippen molar-refractivity contribution in [3.8, 4) is 6.07 Å². The van der Waals surface area contributed by atoms with Crippen LogP contribution >= 0.6 is 0 Å². The van der Waals surface area contributed by atoms with E-state index in [1.54, 1.807) is 22.9 Å². The van der Waals surface area contributed by atoms with Crippen LogP contribution in [0.2, 0.25) is 0 Å². The Labute approximate surface area is 87.1 Å². The van der Waals surface area contributed by atoms with Gasteiger partial charge in [0.2, 0.25) is 0 Å². The molecule has 5 nitrogen and oxygen atoms in total. The third kappa shape index (κ3) is 1.75. The standard InChI is InChI=1S/C10H12N2O3/c11-5-7-2-1-3-12(7)10-4-8(14)9(6-13)15-10/h1-3,8-10,13-14H,4,6H2/t8-,9+,10+/m0/s1. The van der Waals surface area contributed by atoms with Gasteiger partial charge in [-0.3, -0.25) is 0 Å². The second-order valence-electron chi connectivity index (χ2n) is 3.53. The fourth-order valence-electron chi connectivity index (χ4n) is 1.79. The van der Waals surface area contributed by atoms with Gasteiger partial charge in [-0.05, 0) is 12.1 Å². The number of rotatable bonds is 2. The molecule has 80 valence electrons. The van der Waals surface area contributed by atoms with Crippen molar-refractivity contribution in [3.05, 3.63) is 24.0 Å². The Bertz CT molecular complexity index is 382. The van der Waals surface area contributed by atoms with E-state index in [0.717, 1.165) is 0 Å². The zero-order valence-corrected chi connectivity index (χ0v) is 8.08. The van der Waals surface area contributed by atoms with Crippen LogP contribution in [0, 0.1) is 11.3 Å². The molecule has 15 heavy (non-hydrogen) atoms. The molecule has 0 unspecified atom stereocenters. The van der Waals surface area contributed by atoms with Gasteiger partial charge in [0.05, 0.1) is 12.7 Å². The maximum atomic E-state index is 9.54. The van der Waals surface area contributed by atoms with E-state index in [0.29, 0.717) is 12.1 Å². The summed E-state index contributed by atoms with van der Waals surface area (Å²) in [6, 6.07) is 5.47. The summed E-state index contributed by atoms with van der Waals surface area (Å²) in [5, 5.41) is 27.3. The Morgan fingerprint density at radius 3 is 3.07 bits per heavy atom. The van der Waals surface area contributed by atoms with E-state index in [1.165, 1.54) is 0 Å². The molecular formula is C10H12N2O3. The van der Waals surface area contributed by atoms with Crippen LogP contribution in [0.3, 0.4) is 0 Å². The first kappa shape index (κ1) is 10.2. The fourth-order valence-corrected chi connectivity index (χ4v) is 1.79. The Kier molecular flexibility index (Phi) is 2.73. The van der Waals surface area contributed by atoms with Crippen molar-refractivity contribution < 1.29 is 14.9 Å². The molecule has 0 spiro atoms. The van der Waals surface area contributed by atoms with Gasteiger partial charge in [0.1, 0.15) is 24.1 Å². The van der Waals surface area contributed by atoms with Gasteiger partial charge in [0, 0.05) is 12.6 Å². The van der Waals surface area contributed by atoms with E-state index in [2.05, 4.69) is 0 Å². The first-order valence-electron chi connectivity index (χ1n) is 4.77. The molecule has 3 atom stereocenters. The molecule has 0 aromatic carbocycles.